The molecule has 0 amide bonds. The second kappa shape index (κ2) is 10.0. The molecule has 24 heavy (non-hydrogen) atoms. The topological polar surface area (TPSA) is 15.8 Å². The van der Waals surface area contributed by atoms with E-state index < -0.39 is 0 Å². The fourth-order valence-electron chi connectivity index (χ4n) is 2.63. The molecular weight excluding hydrogens is 416 g/mol. The van der Waals surface area contributed by atoms with E-state index in [1.54, 1.807) is 0 Å². The summed E-state index contributed by atoms with van der Waals surface area (Å²) in [4.78, 5) is 3.10. The van der Waals surface area contributed by atoms with Crippen LogP contribution in [0.25, 0.3) is 23.1 Å². The van der Waals surface area contributed by atoms with Crippen molar-refractivity contribution >= 4 is 23.1 Å². The largest absolute Gasteiger partial charge is 4.00 e. The number of fused-ring (bicyclic) bond motifs is 2. The quantitative estimate of drug-likeness (QED) is 0.371. The molecule has 4 rings (SSSR count). The van der Waals surface area contributed by atoms with Gasteiger partial charge in [0.1, 0.15) is 0 Å². The van der Waals surface area contributed by atoms with Crippen LogP contribution in [0.4, 0.5) is 0 Å². The second-order valence-electron chi connectivity index (χ2n) is 5.25. The van der Waals surface area contributed by atoms with Gasteiger partial charge in [-0.05, 0) is 0 Å². The molecule has 1 nitrogen and oxygen atoms in total. The van der Waals surface area contributed by atoms with Crippen molar-refractivity contribution in [3.05, 3.63) is 82.4 Å². The van der Waals surface area contributed by atoms with Crippen molar-refractivity contribution in [3.8, 4) is 0 Å². The molecule has 0 saturated carbocycles. The molecule has 0 aliphatic heterocycles. The summed E-state index contributed by atoms with van der Waals surface area (Å²) < 4.78 is 0. The van der Waals surface area contributed by atoms with Crippen LogP contribution in [0.5, 0.6) is 0 Å². The molecule has 0 radical (unpaired) electrons. The normalized spacial score (nSPS) is 10.7. The smallest absolute Gasteiger partial charge is 1.00 e. The Morgan fingerprint density at radius 1 is 0.958 bits per heavy atom. The minimum Gasteiger partial charge on any atom is -1.00 e. The maximum absolute atomic E-state index is 3.80. The molecule has 0 atom stereocenters. The van der Waals surface area contributed by atoms with Crippen LogP contribution in [-0.4, -0.2) is 4.98 Å². The molecule has 120 valence electrons. The van der Waals surface area contributed by atoms with E-state index in [1.165, 1.54) is 27.2 Å². The molecule has 1 aromatic heterocycles. The third-order valence-corrected chi connectivity index (χ3v) is 3.62. The van der Waals surface area contributed by atoms with Crippen molar-refractivity contribution in [2.75, 3.05) is 0 Å². The molecule has 0 saturated heterocycles. The van der Waals surface area contributed by atoms with E-state index in [4.69, 9.17) is 0 Å². The van der Waals surface area contributed by atoms with Gasteiger partial charge >= 0.3 is 26.2 Å². The summed E-state index contributed by atoms with van der Waals surface area (Å²) in [5.41, 5.74) is 4.68. The molecule has 0 unspecified atom stereocenters. The number of aromatic nitrogens is 1. The fourth-order valence-corrected chi connectivity index (χ4v) is 2.63. The van der Waals surface area contributed by atoms with E-state index in [0.717, 1.165) is 10.8 Å². The molecule has 2 aromatic carbocycles. The van der Waals surface area contributed by atoms with E-state index in [-0.39, 0.29) is 51.0 Å². The molecule has 0 bridgehead atoms. The molecule has 1 aliphatic rings. The molecular formula is C20H17Cl2NZr. The van der Waals surface area contributed by atoms with Gasteiger partial charge in [-0.15, -0.1) is 63.0 Å². The van der Waals surface area contributed by atoms with Crippen LogP contribution in [0.2, 0.25) is 0 Å². The first kappa shape index (κ1) is 22.9. The predicted molar refractivity (Wildman–Crippen MR) is 89.3 cm³/mol. The Labute approximate surface area is 174 Å². The molecule has 4 heteroatoms. The molecule has 0 spiro atoms. The zero-order valence-electron chi connectivity index (χ0n) is 13.6. The monoisotopic (exact) mass is 431 g/mol. The van der Waals surface area contributed by atoms with E-state index in [1.807, 2.05) is 24.3 Å². The van der Waals surface area contributed by atoms with Gasteiger partial charge in [0.05, 0.1) is 0 Å². The molecule has 1 aliphatic carbocycles. The Morgan fingerprint density at radius 3 is 2.33 bits per heavy atom. The van der Waals surface area contributed by atoms with Crippen molar-refractivity contribution in [2.45, 2.75) is 13.8 Å². The van der Waals surface area contributed by atoms with Gasteiger partial charge in [-0.2, -0.15) is 12.1 Å². The van der Waals surface area contributed by atoms with Crippen LogP contribution < -0.4 is 35.3 Å². The summed E-state index contributed by atoms with van der Waals surface area (Å²) >= 11 is 0. The summed E-state index contributed by atoms with van der Waals surface area (Å²) in [6.45, 7) is 8.00. The first-order valence-corrected chi connectivity index (χ1v) is 7.00. The van der Waals surface area contributed by atoms with E-state index >= 15 is 0 Å². The van der Waals surface area contributed by atoms with Gasteiger partial charge in [-0.25, -0.2) is 0 Å². The molecule has 1 heterocycles. The number of hydrogen-bond acceptors (Lipinski definition) is 0. The van der Waals surface area contributed by atoms with Crippen molar-refractivity contribution in [1.29, 1.82) is 0 Å². The number of hydrogen-bond donors (Lipinski definition) is 1. The first-order chi connectivity index (χ1) is 10.1. The number of H-pyrrole nitrogens is 1. The van der Waals surface area contributed by atoms with Gasteiger partial charge in [-0.3, -0.25) is 0 Å². The van der Waals surface area contributed by atoms with Gasteiger partial charge in [0, 0.05) is 0 Å². The Balaban J connectivity index is 0.000000393. The van der Waals surface area contributed by atoms with Gasteiger partial charge in [0.25, 0.3) is 0 Å². The minimum absolute atomic E-state index is 0. The maximum Gasteiger partial charge on any atom is 4.00 e. The van der Waals surface area contributed by atoms with Crippen LogP contribution in [0.3, 0.4) is 0 Å². The molecule has 1 N–H and O–H groups in total. The Kier molecular flexibility index (Phi) is 9.59. The zero-order valence-corrected chi connectivity index (χ0v) is 17.6. The third-order valence-electron chi connectivity index (χ3n) is 3.62. The number of aryl methyl sites for hydroxylation is 2. The van der Waals surface area contributed by atoms with Gasteiger partial charge < -0.3 is 29.8 Å². The number of benzene rings is 2. The van der Waals surface area contributed by atoms with Crippen molar-refractivity contribution in [1.82, 2.24) is 4.98 Å². The summed E-state index contributed by atoms with van der Waals surface area (Å²) in [6, 6.07) is 14.4. The number of nitrogens with one attached hydrogen (secondary N) is 1. The fraction of sp³-hybridized carbons (Fsp3) is 0.100. The van der Waals surface area contributed by atoms with Crippen molar-refractivity contribution in [3.63, 3.8) is 0 Å². The van der Waals surface area contributed by atoms with Gasteiger partial charge in [-0.1, -0.05) is 44.2 Å². The van der Waals surface area contributed by atoms with Crippen LogP contribution in [0.15, 0.2) is 54.6 Å². The molecule has 0 fully saturated rings. The SMILES string of the molecule is C=C1[C-]=c2ccccc2=C1.Cc1[c-][nH]c2cccc(C)c12.[Cl-].[Cl-].[Zr+4]. The Hall–Kier alpha value is -1.08. The predicted octanol–water partition coefficient (Wildman–Crippen LogP) is -2.72. The molecule has 3 aromatic rings. The summed E-state index contributed by atoms with van der Waals surface area (Å²) in [7, 11) is 0. The van der Waals surface area contributed by atoms with Crippen LogP contribution in [-0.2, 0) is 26.2 Å². The van der Waals surface area contributed by atoms with Crippen LogP contribution in [0.1, 0.15) is 11.1 Å². The average Bonchev–Trinajstić information content (AvgIpc) is 3.02. The van der Waals surface area contributed by atoms with Gasteiger partial charge in [0.2, 0.25) is 0 Å². The summed E-state index contributed by atoms with van der Waals surface area (Å²) in [5.74, 6) is 0. The van der Waals surface area contributed by atoms with Crippen molar-refractivity contribution in [2.24, 2.45) is 0 Å². The summed E-state index contributed by atoms with van der Waals surface area (Å²) in [6.07, 6.45) is 8.28. The van der Waals surface area contributed by atoms with Gasteiger partial charge in [0.15, 0.2) is 0 Å². The minimum atomic E-state index is 0. The van der Waals surface area contributed by atoms with Crippen molar-refractivity contribution < 1.29 is 51.0 Å². The average molecular weight is 433 g/mol. The van der Waals surface area contributed by atoms with Crippen LogP contribution >= 0.6 is 0 Å². The Morgan fingerprint density at radius 2 is 1.67 bits per heavy atom. The van der Waals surface area contributed by atoms with E-state index in [9.17, 15) is 0 Å². The van der Waals surface area contributed by atoms with E-state index in [0.29, 0.717) is 0 Å². The number of allylic oxidation sites excluding steroid dienone is 1. The maximum atomic E-state index is 3.80. The number of aromatic amines is 1. The standard InChI is InChI=1S/C10H10N.C10H7.2ClH.Zr/c1-7-4-3-5-9-10(7)8(2)6-11-9;1-8-6-9-4-2-3-5-10(9)7-8;;;/h3-5,11H,1-2H3;2-6H,1H2;2*1H;/q2*-1;;;+4/p-2. The van der Waals surface area contributed by atoms with Crippen LogP contribution in [0, 0.1) is 20.0 Å². The first-order valence-electron chi connectivity index (χ1n) is 7.00. The second-order valence-corrected chi connectivity index (χ2v) is 5.25. The zero-order chi connectivity index (χ0) is 14.8. The number of halogens is 2. The third kappa shape index (κ3) is 4.96. The van der Waals surface area contributed by atoms with E-state index in [2.05, 4.69) is 61.9 Å². The Bertz CT molecular complexity index is 905. The number of rotatable bonds is 0. The summed E-state index contributed by atoms with van der Waals surface area (Å²) in [5, 5.41) is 3.70.